The number of hydrogen-bond donors (Lipinski definition) is 2. The Morgan fingerprint density at radius 2 is 0.667 bits per heavy atom. The van der Waals surface area contributed by atoms with Crippen molar-refractivity contribution >= 4 is 0 Å². The van der Waals surface area contributed by atoms with Crippen molar-refractivity contribution < 1.29 is 57.6 Å². The van der Waals surface area contributed by atoms with Gasteiger partial charge >= 0.3 is 0 Å². The average molecular weight is 1090 g/mol. The summed E-state index contributed by atoms with van der Waals surface area (Å²) in [5.74, 6) is 0.662. The third-order valence-corrected chi connectivity index (χ3v) is 15.0. The van der Waals surface area contributed by atoms with Crippen LogP contribution in [0.2, 0.25) is 0 Å². The second-order valence-electron chi connectivity index (χ2n) is 20.6. The van der Waals surface area contributed by atoms with Crippen LogP contribution in [0.1, 0.15) is 44.5 Å². The van der Waals surface area contributed by atoms with Gasteiger partial charge in [-0.25, -0.2) is 0 Å². The van der Waals surface area contributed by atoms with Gasteiger partial charge in [0, 0.05) is 0 Å². The third-order valence-electron chi connectivity index (χ3n) is 15.0. The molecule has 0 amide bonds. The number of rotatable bonds is 27. The maximum atomic E-state index is 15.0. The summed E-state index contributed by atoms with van der Waals surface area (Å²) in [6, 6.07) is 76.3. The number of benzene rings is 8. The monoisotopic (exact) mass is 1090 g/mol. The predicted molar refractivity (Wildman–Crippen MR) is 307 cm³/mol. The lowest BCUT2D eigenvalue weighted by molar-refractivity contribution is -0.369. The van der Waals surface area contributed by atoms with Crippen LogP contribution in [0.15, 0.2) is 237 Å². The molecule has 1 saturated carbocycles. The fraction of sp³-hybridized carbons (Fsp3) is 0.304. The van der Waals surface area contributed by atoms with Crippen LogP contribution in [0.3, 0.4) is 0 Å². The van der Waals surface area contributed by atoms with E-state index in [-0.39, 0.29) is 59.5 Å². The molecule has 1 aliphatic carbocycles. The Morgan fingerprint density at radius 3 is 1.07 bits per heavy atom. The van der Waals surface area contributed by atoms with Crippen molar-refractivity contribution in [3.8, 4) is 5.75 Å². The van der Waals surface area contributed by atoms with E-state index in [4.69, 9.17) is 47.4 Å². The number of aliphatic hydroxyl groups is 2. The van der Waals surface area contributed by atoms with Gasteiger partial charge in [0.05, 0.1) is 66.6 Å². The lowest BCUT2D eigenvalue weighted by Gasteiger charge is -2.59. The SMILES string of the molecule is COc1ccc(CO[C@@H]2[C@@H](O)[C@H](OCc3ccccc3)[C@@H](OCc3ccccc3)[C@H](OCc3ccccc3)[C@@]2(O)[C@H]2O[C@H](COCc3ccccc3)[C@@H](OCc3ccccc3)[C@H](OCc3ccccc3)[C@@H]2OCc2ccccc2)cc1. The van der Waals surface area contributed by atoms with Gasteiger partial charge in [0.15, 0.2) is 5.60 Å². The summed E-state index contributed by atoms with van der Waals surface area (Å²) in [6.07, 6.45) is -12.1. The molecule has 0 spiro atoms. The van der Waals surface area contributed by atoms with Crippen LogP contribution in [0, 0.1) is 0 Å². The quantitative estimate of drug-likeness (QED) is 0.0508. The summed E-state index contributed by atoms with van der Waals surface area (Å²) in [7, 11) is 1.61. The van der Waals surface area contributed by atoms with E-state index in [2.05, 4.69) is 0 Å². The van der Waals surface area contributed by atoms with Crippen molar-refractivity contribution in [3.63, 3.8) is 0 Å². The Bertz CT molecular complexity index is 3020. The van der Waals surface area contributed by atoms with Gasteiger partial charge in [0.2, 0.25) is 0 Å². The number of aliphatic hydroxyl groups excluding tert-OH is 1. The molecule has 420 valence electrons. The topological polar surface area (TPSA) is 133 Å². The maximum absolute atomic E-state index is 15.0. The van der Waals surface area contributed by atoms with Crippen LogP contribution in [0.5, 0.6) is 5.75 Å². The number of hydrogen-bond acceptors (Lipinski definition) is 12. The second kappa shape index (κ2) is 29.2. The summed E-state index contributed by atoms with van der Waals surface area (Å²) in [5, 5.41) is 28.4. The molecule has 2 aliphatic rings. The molecule has 81 heavy (non-hydrogen) atoms. The van der Waals surface area contributed by atoms with Gasteiger partial charge in [0.25, 0.3) is 0 Å². The Balaban J connectivity index is 1.15. The highest BCUT2D eigenvalue weighted by molar-refractivity contribution is 5.28. The molecule has 2 fully saturated rings. The molecule has 1 heterocycles. The van der Waals surface area contributed by atoms with E-state index in [1.54, 1.807) is 7.11 Å². The zero-order valence-electron chi connectivity index (χ0n) is 45.6. The molecule has 8 aromatic rings. The molecular weight excluding hydrogens is 1020 g/mol. The van der Waals surface area contributed by atoms with E-state index in [0.29, 0.717) is 5.75 Å². The molecule has 0 radical (unpaired) electrons. The Morgan fingerprint density at radius 1 is 0.346 bits per heavy atom. The average Bonchev–Trinajstić information content (AvgIpc) is 3.70. The van der Waals surface area contributed by atoms with E-state index in [1.807, 2.05) is 237 Å². The first-order chi connectivity index (χ1) is 39.9. The zero-order chi connectivity index (χ0) is 55.5. The first-order valence-electron chi connectivity index (χ1n) is 27.8. The minimum absolute atomic E-state index is 0.00372. The van der Waals surface area contributed by atoms with Gasteiger partial charge in [-0.3, -0.25) is 0 Å². The standard InChI is InChI=1S/C69H72O12/c1-72-58-39-37-57(38-40-58)48-79-66-60(70)62(75-43-52-27-13-4-14-28-52)64(77-45-54-31-17-6-18-32-54)67(80-47-56-35-21-8-22-36-56)69(66,71)68-65(78-46-55-33-19-7-20-34-55)63(76-44-53-29-15-5-16-30-53)61(74-42-51-25-11-3-12-26-51)59(81-68)49-73-41-50-23-9-2-10-24-50/h2-40,59-68,70-71H,41-49H2,1H3/t59-,60+,61-,62+,63+,64-,65+,66-,67+,68+,69-/m1/s1. The molecule has 1 aliphatic heterocycles. The Labute approximate surface area is 475 Å². The van der Waals surface area contributed by atoms with Gasteiger partial charge < -0.3 is 57.6 Å². The first kappa shape index (κ1) is 57.4. The molecule has 0 bridgehead atoms. The van der Waals surface area contributed by atoms with Crippen molar-refractivity contribution in [2.45, 2.75) is 119 Å². The normalized spacial score (nSPS) is 24.6. The summed E-state index contributed by atoms with van der Waals surface area (Å²) >= 11 is 0. The Hall–Kier alpha value is -6.88. The fourth-order valence-electron chi connectivity index (χ4n) is 10.8. The largest absolute Gasteiger partial charge is 0.497 e. The predicted octanol–water partition coefficient (Wildman–Crippen LogP) is 11.2. The molecule has 0 aromatic heterocycles. The zero-order valence-corrected chi connectivity index (χ0v) is 45.6. The minimum Gasteiger partial charge on any atom is -0.497 e. The van der Waals surface area contributed by atoms with Crippen molar-refractivity contribution in [2.75, 3.05) is 13.7 Å². The lowest BCUT2D eigenvalue weighted by atomic mass is 9.68. The van der Waals surface area contributed by atoms with Crippen molar-refractivity contribution in [1.82, 2.24) is 0 Å². The second-order valence-corrected chi connectivity index (χ2v) is 20.6. The van der Waals surface area contributed by atoms with Crippen molar-refractivity contribution in [3.05, 3.63) is 281 Å². The minimum atomic E-state index is -2.35. The molecular formula is C69H72O12. The van der Waals surface area contributed by atoms with Crippen LogP contribution in [0.4, 0.5) is 0 Å². The summed E-state index contributed by atoms with van der Waals surface area (Å²) in [6.45, 7) is 0.839. The van der Waals surface area contributed by atoms with Gasteiger partial charge in [-0.1, -0.05) is 224 Å². The van der Waals surface area contributed by atoms with Crippen LogP contribution in [-0.2, 0) is 95.5 Å². The third kappa shape index (κ3) is 15.2. The van der Waals surface area contributed by atoms with E-state index >= 15 is 0 Å². The molecule has 12 heteroatoms. The molecule has 10 rings (SSSR count). The van der Waals surface area contributed by atoms with E-state index in [9.17, 15) is 10.2 Å². The Kier molecular flexibility index (Phi) is 20.7. The lowest BCUT2D eigenvalue weighted by Crippen LogP contribution is -2.80. The van der Waals surface area contributed by atoms with E-state index < -0.39 is 66.6 Å². The highest BCUT2D eigenvalue weighted by Crippen LogP contribution is 2.46. The number of methoxy groups -OCH3 is 1. The maximum Gasteiger partial charge on any atom is 0.151 e. The summed E-state index contributed by atoms with van der Waals surface area (Å²) < 4.78 is 69.7. The van der Waals surface area contributed by atoms with Crippen molar-refractivity contribution in [1.29, 1.82) is 0 Å². The fourth-order valence-corrected chi connectivity index (χ4v) is 10.8. The van der Waals surface area contributed by atoms with Crippen LogP contribution < -0.4 is 4.74 Å². The summed E-state index contributed by atoms with van der Waals surface area (Å²) in [4.78, 5) is 0. The van der Waals surface area contributed by atoms with Gasteiger partial charge in [-0.2, -0.15) is 0 Å². The van der Waals surface area contributed by atoms with Crippen molar-refractivity contribution in [2.24, 2.45) is 0 Å². The molecule has 11 atom stereocenters. The van der Waals surface area contributed by atoms with Crippen LogP contribution >= 0.6 is 0 Å². The van der Waals surface area contributed by atoms with E-state index in [1.165, 1.54) is 0 Å². The van der Waals surface area contributed by atoms with Gasteiger partial charge in [-0.15, -0.1) is 0 Å². The molecule has 1 saturated heterocycles. The highest BCUT2D eigenvalue weighted by Gasteiger charge is 2.69. The van der Waals surface area contributed by atoms with Crippen LogP contribution in [-0.4, -0.2) is 90.6 Å². The van der Waals surface area contributed by atoms with Crippen LogP contribution in [0.25, 0.3) is 0 Å². The number of ether oxygens (including phenoxy) is 10. The molecule has 12 nitrogen and oxygen atoms in total. The highest BCUT2D eigenvalue weighted by atomic mass is 16.6. The first-order valence-corrected chi connectivity index (χ1v) is 27.8. The summed E-state index contributed by atoms with van der Waals surface area (Å²) in [5.41, 5.74) is 4.63. The molecule has 2 N–H and O–H groups in total. The molecule has 0 unspecified atom stereocenters. The van der Waals surface area contributed by atoms with Gasteiger partial charge in [-0.05, 0) is 56.6 Å². The molecule has 8 aromatic carbocycles. The van der Waals surface area contributed by atoms with E-state index in [0.717, 1.165) is 44.5 Å². The smallest absolute Gasteiger partial charge is 0.151 e. The van der Waals surface area contributed by atoms with Gasteiger partial charge in [0.1, 0.15) is 66.8 Å².